The van der Waals surface area contributed by atoms with E-state index < -0.39 is 10.8 Å². The highest BCUT2D eigenvalue weighted by Crippen LogP contribution is 2.26. The zero-order valence-corrected chi connectivity index (χ0v) is 17.8. The number of anilines is 2. The van der Waals surface area contributed by atoms with Crippen LogP contribution in [0.1, 0.15) is 23.7 Å². The maximum Gasteiger partial charge on any atom is 0.269 e. The first-order valence-corrected chi connectivity index (χ1v) is 10.4. The van der Waals surface area contributed by atoms with E-state index in [4.69, 9.17) is 0 Å². The number of thiazole rings is 1. The minimum Gasteiger partial charge on any atom is -0.352 e. The second-order valence-electron chi connectivity index (χ2n) is 6.65. The summed E-state index contributed by atoms with van der Waals surface area (Å²) in [5.74, 6) is -0.886. The Morgan fingerprint density at radius 1 is 1.03 bits per heavy atom. The lowest BCUT2D eigenvalue weighted by Gasteiger charge is -2.05. The van der Waals surface area contributed by atoms with E-state index >= 15 is 0 Å². The van der Waals surface area contributed by atoms with E-state index in [1.165, 1.54) is 42.5 Å². The van der Waals surface area contributed by atoms with Gasteiger partial charge in [-0.2, -0.15) is 0 Å². The third kappa shape index (κ3) is 6.19. The van der Waals surface area contributed by atoms with Gasteiger partial charge in [0.15, 0.2) is 5.13 Å². The molecule has 0 aliphatic heterocycles. The van der Waals surface area contributed by atoms with Crippen LogP contribution < -0.4 is 16.0 Å². The summed E-state index contributed by atoms with van der Waals surface area (Å²) in [6, 6.07) is 12.4. The maximum absolute atomic E-state index is 12.1. The van der Waals surface area contributed by atoms with E-state index in [0.717, 1.165) is 5.56 Å². The number of amides is 3. The van der Waals surface area contributed by atoms with Crippen molar-refractivity contribution in [1.82, 2.24) is 10.3 Å². The van der Waals surface area contributed by atoms with Crippen LogP contribution in [0.4, 0.5) is 16.5 Å². The molecule has 164 valence electrons. The van der Waals surface area contributed by atoms with Crippen molar-refractivity contribution in [2.75, 3.05) is 17.2 Å². The fourth-order valence-electron chi connectivity index (χ4n) is 2.70. The number of aromatic nitrogens is 1. The molecule has 0 aliphatic carbocycles. The van der Waals surface area contributed by atoms with Gasteiger partial charge >= 0.3 is 0 Å². The number of nitro benzene ring substituents is 1. The summed E-state index contributed by atoms with van der Waals surface area (Å²) in [5.41, 5.74) is 2.37. The number of hydrogen-bond acceptors (Lipinski definition) is 7. The van der Waals surface area contributed by atoms with E-state index in [2.05, 4.69) is 20.9 Å². The molecule has 32 heavy (non-hydrogen) atoms. The normalized spacial score (nSPS) is 10.3. The van der Waals surface area contributed by atoms with Crippen LogP contribution >= 0.6 is 11.3 Å². The maximum atomic E-state index is 12.1. The van der Waals surface area contributed by atoms with Crippen LogP contribution in [-0.2, 0) is 9.59 Å². The summed E-state index contributed by atoms with van der Waals surface area (Å²) >= 11 is 1.27. The number of nitrogens with zero attached hydrogens (tertiary/aromatic N) is 2. The highest BCUT2D eigenvalue weighted by molar-refractivity contribution is 7.14. The second kappa shape index (κ2) is 10.3. The van der Waals surface area contributed by atoms with Crippen molar-refractivity contribution >= 4 is 45.6 Å². The Hall–Kier alpha value is -4.12. The zero-order chi connectivity index (χ0) is 23.1. The van der Waals surface area contributed by atoms with Crippen LogP contribution in [0.25, 0.3) is 11.3 Å². The molecule has 0 atom stereocenters. The number of hydrogen-bond donors (Lipinski definition) is 3. The van der Waals surface area contributed by atoms with Gasteiger partial charge in [0, 0.05) is 54.2 Å². The summed E-state index contributed by atoms with van der Waals surface area (Å²) in [6.45, 7) is 1.54. The molecule has 0 fully saturated rings. The lowest BCUT2D eigenvalue weighted by molar-refractivity contribution is -0.384. The van der Waals surface area contributed by atoms with Gasteiger partial charge in [0.1, 0.15) is 0 Å². The number of carbonyl (C=O) groups is 3. The Labute approximate surface area is 186 Å². The Morgan fingerprint density at radius 3 is 2.34 bits per heavy atom. The van der Waals surface area contributed by atoms with Gasteiger partial charge in [-0.05, 0) is 24.3 Å². The highest BCUT2D eigenvalue weighted by Gasteiger charge is 2.11. The third-order valence-electron chi connectivity index (χ3n) is 4.23. The predicted molar refractivity (Wildman–Crippen MR) is 121 cm³/mol. The second-order valence-corrected chi connectivity index (χ2v) is 7.51. The molecule has 0 saturated heterocycles. The molecule has 3 amide bonds. The average molecular weight is 453 g/mol. The molecule has 3 rings (SSSR count). The fraction of sp³-hybridized carbons (Fsp3) is 0.143. The Bertz CT molecular complexity index is 1140. The number of nitro groups is 1. The van der Waals surface area contributed by atoms with Crippen LogP contribution in [0.2, 0.25) is 0 Å². The molecule has 0 unspecified atom stereocenters. The zero-order valence-electron chi connectivity index (χ0n) is 17.0. The van der Waals surface area contributed by atoms with Crippen molar-refractivity contribution in [3.63, 3.8) is 0 Å². The minimum absolute atomic E-state index is 0.0407. The molecule has 3 aromatic rings. The van der Waals surface area contributed by atoms with Gasteiger partial charge in [-0.15, -0.1) is 11.3 Å². The minimum atomic E-state index is -0.545. The summed E-state index contributed by atoms with van der Waals surface area (Å²) in [4.78, 5) is 49.8. The van der Waals surface area contributed by atoms with E-state index in [9.17, 15) is 24.5 Å². The molecule has 3 N–H and O–H groups in total. The summed E-state index contributed by atoms with van der Waals surface area (Å²) in [7, 11) is 0. The SMILES string of the molecule is CC(=O)Nc1ccc(-c2csc(NC(=O)CCNC(=O)c3ccc([N+](=O)[O-])cc3)n2)cc1. The van der Waals surface area contributed by atoms with Crippen molar-refractivity contribution in [3.05, 3.63) is 69.6 Å². The number of non-ortho nitro benzene ring substituents is 1. The molecule has 0 radical (unpaired) electrons. The van der Waals surface area contributed by atoms with Gasteiger partial charge in [0.2, 0.25) is 11.8 Å². The smallest absolute Gasteiger partial charge is 0.269 e. The van der Waals surface area contributed by atoms with Crippen LogP contribution in [0.5, 0.6) is 0 Å². The van der Waals surface area contributed by atoms with Crippen molar-refractivity contribution in [2.45, 2.75) is 13.3 Å². The van der Waals surface area contributed by atoms with Gasteiger partial charge in [0.25, 0.3) is 11.6 Å². The molecule has 1 heterocycles. The van der Waals surface area contributed by atoms with Gasteiger partial charge in [-0.1, -0.05) is 12.1 Å². The number of rotatable bonds is 8. The highest BCUT2D eigenvalue weighted by atomic mass is 32.1. The first-order valence-electron chi connectivity index (χ1n) is 9.48. The number of carbonyl (C=O) groups excluding carboxylic acids is 3. The molecule has 0 bridgehead atoms. The first kappa shape index (κ1) is 22.6. The lowest BCUT2D eigenvalue weighted by atomic mass is 10.1. The monoisotopic (exact) mass is 453 g/mol. The van der Waals surface area contributed by atoms with Crippen LogP contribution in [-0.4, -0.2) is 34.2 Å². The Morgan fingerprint density at radius 2 is 1.72 bits per heavy atom. The first-order chi connectivity index (χ1) is 15.3. The average Bonchev–Trinajstić information content (AvgIpc) is 3.22. The third-order valence-corrected chi connectivity index (χ3v) is 4.99. The van der Waals surface area contributed by atoms with Crippen molar-refractivity contribution < 1.29 is 19.3 Å². The van der Waals surface area contributed by atoms with Gasteiger partial charge in [-0.25, -0.2) is 4.98 Å². The van der Waals surface area contributed by atoms with Gasteiger partial charge in [0.05, 0.1) is 10.6 Å². The van der Waals surface area contributed by atoms with Crippen molar-refractivity contribution in [2.24, 2.45) is 0 Å². The van der Waals surface area contributed by atoms with Crippen molar-refractivity contribution in [1.29, 1.82) is 0 Å². The molecular formula is C21H19N5O5S. The van der Waals surface area contributed by atoms with Crippen LogP contribution in [0, 0.1) is 10.1 Å². The summed E-state index contributed by atoms with van der Waals surface area (Å²) < 4.78 is 0. The summed E-state index contributed by atoms with van der Waals surface area (Å²) in [6.07, 6.45) is 0.0407. The fourth-order valence-corrected chi connectivity index (χ4v) is 3.44. The lowest BCUT2D eigenvalue weighted by Crippen LogP contribution is -2.27. The molecule has 0 aliphatic rings. The molecule has 1 aromatic heterocycles. The van der Waals surface area contributed by atoms with E-state index in [1.807, 2.05) is 12.1 Å². The molecule has 0 spiro atoms. The molecule has 2 aromatic carbocycles. The number of benzene rings is 2. The number of nitrogens with one attached hydrogen (secondary N) is 3. The standard InChI is InChI=1S/C21H19N5O5S/c1-13(27)23-16-6-2-14(3-7-16)18-12-32-21(24-18)25-19(28)10-11-22-20(29)15-4-8-17(9-5-15)26(30)31/h2-9,12H,10-11H2,1H3,(H,22,29)(H,23,27)(H,24,25,28). The topological polar surface area (TPSA) is 143 Å². The van der Waals surface area contributed by atoms with Crippen molar-refractivity contribution in [3.8, 4) is 11.3 Å². The Balaban J connectivity index is 1.47. The van der Waals surface area contributed by atoms with Gasteiger partial charge in [-0.3, -0.25) is 24.5 Å². The van der Waals surface area contributed by atoms with E-state index in [1.54, 1.807) is 17.5 Å². The molecular weight excluding hydrogens is 434 g/mol. The van der Waals surface area contributed by atoms with E-state index in [-0.39, 0.29) is 36.0 Å². The molecule has 10 nitrogen and oxygen atoms in total. The predicted octanol–water partition coefficient (Wildman–Crippen LogP) is 3.44. The van der Waals surface area contributed by atoms with Gasteiger partial charge < -0.3 is 16.0 Å². The van der Waals surface area contributed by atoms with Crippen LogP contribution in [0.15, 0.2) is 53.9 Å². The largest absolute Gasteiger partial charge is 0.352 e. The van der Waals surface area contributed by atoms with Crippen LogP contribution in [0.3, 0.4) is 0 Å². The Kier molecular flexibility index (Phi) is 7.24. The molecule has 11 heteroatoms. The summed E-state index contributed by atoms with van der Waals surface area (Å²) in [5, 5.41) is 20.9. The quantitative estimate of drug-likeness (QED) is 0.352. The molecule has 0 saturated carbocycles. The van der Waals surface area contributed by atoms with E-state index in [0.29, 0.717) is 16.5 Å².